The van der Waals surface area contributed by atoms with Gasteiger partial charge in [0.15, 0.2) is 0 Å². The van der Waals surface area contributed by atoms with Gasteiger partial charge in [0.2, 0.25) is 11.8 Å². The molecule has 1 N–H and O–H groups in total. The third-order valence-electron chi connectivity index (χ3n) is 6.03. The van der Waals surface area contributed by atoms with Gasteiger partial charge in [-0.05, 0) is 54.5 Å². The van der Waals surface area contributed by atoms with Crippen LogP contribution in [0.4, 0.5) is 5.69 Å². The fourth-order valence-electron chi connectivity index (χ4n) is 4.44. The zero-order valence-corrected chi connectivity index (χ0v) is 19.3. The number of hydrogen-bond acceptors (Lipinski definition) is 3. The van der Waals surface area contributed by atoms with E-state index in [9.17, 15) is 9.59 Å². The molecule has 2 amide bonds. The Kier molecular flexibility index (Phi) is 7.38. The van der Waals surface area contributed by atoms with Crippen LogP contribution in [0.2, 0.25) is 0 Å². The fraction of sp³-hybridized carbons (Fsp3) is 0.333. The topological polar surface area (TPSA) is 49.4 Å². The van der Waals surface area contributed by atoms with E-state index in [4.69, 9.17) is 0 Å². The summed E-state index contributed by atoms with van der Waals surface area (Å²) in [6, 6.07) is 20.9. The minimum atomic E-state index is -0.715. The number of thiophene rings is 1. The second-order valence-electron chi connectivity index (χ2n) is 8.52. The first-order valence-electron chi connectivity index (χ1n) is 11.4. The highest BCUT2D eigenvalue weighted by atomic mass is 32.1. The van der Waals surface area contributed by atoms with Gasteiger partial charge in [0, 0.05) is 16.6 Å². The fourth-order valence-corrected chi connectivity index (χ4v) is 5.14. The summed E-state index contributed by atoms with van der Waals surface area (Å²) in [7, 11) is 0. The molecule has 3 aromatic rings. The molecule has 1 heterocycles. The summed E-state index contributed by atoms with van der Waals surface area (Å²) >= 11 is 1.56. The van der Waals surface area contributed by atoms with Crippen molar-refractivity contribution in [3.8, 4) is 0 Å². The maximum absolute atomic E-state index is 13.7. The van der Waals surface area contributed by atoms with Gasteiger partial charge in [0.1, 0.15) is 6.04 Å². The van der Waals surface area contributed by atoms with E-state index < -0.39 is 6.04 Å². The van der Waals surface area contributed by atoms with E-state index in [0.29, 0.717) is 0 Å². The van der Waals surface area contributed by atoms with Crippen molar-refractivity contribution in [3.63, 3.8) is 0 Å². The maximum Gasteiger partial charge on any atom is 0.248 e. The number of hydrogen-bond donors (Lipinski definition) is 1. The number of anilines is 1. The van der Waals surface area contributed by atoms with Crippen molar-refractivity contribution in [1.82, 2.24) is 5.32 Å². The van der Waals surface area contributed by atoms with E-state index in [2.05, 4.69) is 5.32 Å². The zero-order valence-electron chi connectivity index (χ0n) is 18.5. The van der Waals surface area contributed by atoms with Crippen molar-refractivity contribution >= 4 is 28.8 Å². The molecule has 5 heteroatoms. The lowest BCUT2D eigenvalue weighted by atomic mass is 9.94. The number of amides is 2. The van der Waals surface area contributed by atoms with Crippen LogP contribution in [0.15, 0.2) is 72.1 Å². The minimum absolute atomic E-state index is 0.0781. The first-order chi connectivity index (χ1) is 15.6. The molecule has 1 fully saturated rings. The third kappa shape index (κ3) is 5.46. The SMILES string of the molecule is Cc1cccc(N(C(=O)Cc2cccs2)C(C(=O)NC2CCCCC2)c2ccccc2)c1. The number of rotatable bonds is 7. The number of nitrogens with zero attached hydrogens (tertiary/aromatic N) is 1. The highest BCUT2D eigenvalue weighted by molar-refractivity contribution is 7.10. The van der Waals surface area contributed by atoms with Gasteiger partial charge in [-0.15, -0.1) is 11.3 Å². The molecule has 1 saturated carbocycles. The van der Waals surface area contributed by atoms with Crippen molar-refractivity contribution in [1.29, 1.82) is 0 Å². The molecule has 4 nitrogen and oxygen atoms in total. The molecule has 0 bridgehead atoms. The Labute approximate surface area is 194 Å². The van der Waals surface area contributed by atoms with E-state index in [0.717, 1.165) is 47.4 Å². The summed E-state index contributed by atoms with van der Waals surface area (Å²) in [4.78, 5) is 30.1. The molecule has 2 aromatic carbocycles. The minimum Gasteiger partial charge on any atom is -0.351 e. The average Bonchev–Trinajstić information content (AvgIpc) is 3.31. The van der Waals surface area contributed by atoms with Crippen LogP contribution in [-0.2, 0) is 16.0 Å². The number of aryl methyl sites for hydroxylation is 1. The van der Waals surface area contributed by atoms with Crippen molar-refractivity contribution in [2.75, 3.05) is 4.90 Å². The molecule has 1 aliphatic rings. The third-order valence-corrected chi connectivity index (χ3v) is 6.90. The second kappa shape index (κ2) is 10.6. The number of benzene rings is 2. The lowest BCUT2D eigenvalue weighted by molar-refractivity contribution is -0.127. The quantitative estimate of drug-likeness (QED) is 0.497. The Morgan fingerprint density at radius 3 is 2.47 bits per heavy atom. The van der Waals surface area contributed by atoms with Crippen molar-refractivity contribution in [2.24, 2.45) is 0 Å². The predicted octanol–water partition coefficient (Wildman–Crippen LogP) is 5.82. The highest BCUT2D eigenvalue weighted by Crippen LogP contribution is 2.30. The molecule has 0 saturated heterocycles. The van der Waals surface area contributed by atoms with Crippen LogP contribution in [0.1, 0.15) is 54.1 Å². The molecule has 166 valence electrons. The van der Waals surface area contributed by atoms with Crippen LogP contribution in [0.5, 0.6) is 0 Å². The molecule has 4 rings (SSSR count). The lowest BCUT2D eigenvalue weighted by Gasteiger charge is -2.33. The monoisotopic (exact) mass is 446 g/mol. The van der Waals surface area contributed by atoms with E-state index in [1.54, 1.807) is 16.2 Å². The Morgan fingerprint density at radius 1 is 1.00 bits per heavy atom. The molecule has 0 spiro atoms. The molecule has 1 atom stereocenters. The summed E-state index contributed by atoms with van der Waals surface area (Å²) in [5, 5.41) is 5.24. The lowest BCUT2D eigenvalue weighted by Crippen LogP contribution is -2.47. The van der Waals surface area contributed by atoms with E-state index in [1.165, 1.54) is 6.42 Å². The first-order valence-corrected chi connectivity index (χ1v) is 12.3. The molecule has 1 unspecified atom stereocenters. The van der Waals surface area contributed by atoms with Crippen molar-refractivity contribution in [2.45, 2.75) is 57.5 Å². The number of carbonyl (C=O) groups is 2. The van der Waals surface area contributed by atoms with Gasteiger partial charge in [-0.1, -0.05) is 67.8 Å². The molecule has 0 radical (unpaired) electrons. The van der Waals surface area contributed by atoms with Crippen molar-refractivity contribution in [3.05, 3.63) is 88.1 Å². The van der Waals surface area contributed by atoms with Crippen LogP contribution in [0, 0.1) is 6.92 Å². The van der Waals surface area contributed by atoms with E-state index in [1.807, 2.05) is 79.0 Å². The predicted molar refractivity (Wildman–Crippen MR) is 131 cm³/mol. The summed E-state index contributed by atoms with van der Waals surface area (Å²) in [6.07, 6.45) is 5.77. The summed E-state index contributed by atoms with van der Waals surface area (Å²) in [6.45, 7) is 2.01. The largest absolute Gasteiger partial charge is 0.351 e. The van der Waals surface area contributed by atoms with Crippen LogP contribution in [-0.4, -0.2) is 17.9 Å². The van der Waals surface area contributed by atoms with Crippen molar-refractivity contribution < 1.29 is 9.59 Å². The first kappa shape index (κ1) is 22.3. The standard InChI is InChI=1S/C27H30N2O2S/c1-20-10-8-15-23(18-20)29(25(30)19-24-16-9-17-32-24)26(21-11-4-2-5-12-21)27(31)28-22-13-6-3-7-14-22/h2,4-5,8-12,15-18,22,26H,3,6-7,13-14,19H2,1H3,(H,28,31). The Balaban J connectivity index is 1.72. The summed E-state index contributed by atoms with van der Waals surface area (Å²) in [5.74, 6) is -0.185. The van der Waals surface area contributed by atoms with Crippen LogP contribution >= 0.6 is 11.3 Å². The molecule has 32 heavy (non-hydrogen) atoms. The van der Waals surface area contributed by atoms with Crippen LogP contribution in [0.25, 0.3) is 0 Å². The van der Waals surface area contributed by atoms with Gasteiger partial charge in [0.25, 0.3) is 0 Å². The van der Waals surface area contributed by atoms with Gasteiger partial charge in [-0.2, -0.15) is 0 Å². The number of carbonyl (C=O) groups excluding carboxylic acids is 2. The average molecular weight is 447 g/mol. The van der Waals surface area contributed by atoms with Gasteiger partial charge in [-0.25, -0.2) is 0 Å². The van der Waals surface area contributed by atoms with Crippen LogP contribution in [0.3, 0.4) is 0 Å². The molecule has 1 aliphatic carbocycles. The van der Waals surface area contributed by atoms with E-state index >= 15 is 0 Å². The number of nitrogens with one attached hydrogen (secondary N) is 1. The summed E-state index contributed by atoms with van der Waals surface area (Å²) in [5.41, 5.74) is 2.62. The van der Waals surface area contributed by atoms with Crippen LogP contribution < -0.4 is 10.2 Å². The smallest absolute Gasteiger partial charge is 0.248 e. The normalized spacial score (nSPS) is 15.2. The zero-order chi connectivity index (χ0) is 22.3. The highest BCUT2D eigenvalue weighted by Gasteiger charge is 2.34. The van der Waals surface area contributed by atoms with Gasteiger partial charge < -0.3 is 5.32 Å². The Hall–Kier alpha value is -2.92. The maximum atomic E-state index is 13.7. The Morgan fingerprint density at radius 2 is 1.78 bits per heavy atom. The van der Waals surface area contributed by atoms with E-state index in [-0.39, 0.29) is 24.3 Å². The van der Waals surface area contributed by atoms with Gasteiger partial charge in [-0.3, -0.25) is 14.5 Å². The molecular formula is C27H30N2O2S. The molecular weight excluding hydrogens is 416 g/mol. The molecule has 1 aromatic heterocycles. The van der Waals surface area contributed by atoms with Gasteiger partial charge in [0.05, 0.1) is 6.42 Å². The van der Waals surface area contributed by atoms with Gasteiger partial charge >= 0.3 is 0 Å². The summed E-state index contributed by atoms with van der Waals surface area (Å²) < 4.78 is 0. The molecule has 0 aliphatic heterocycles. The Bertz CT molecular complexity index is 1030. The second-order valence-corrected chi connectivity index (χ2v) is 9.55.